The van der Waals surface area contributed by atoms with E-state index in [1.807, 2.05) is 59.3 Å². The Hall–Kier alpha value is -3.73. The first-order valence-electron chi connectivity index (χ1n) is 10.0. The summed E-state index contributed by atoms with van der Waals surface area (Å²) in [7, 11) is 0. The van der Waals surface area contributed by atoms with Crippen molar-refractivity contribution in [2.75, 3.05) is 0 Å². The van der Waals surface area contributed by atoms with E-state index in [1.54, 1.807) is 12.1 Å². The van der Waals surface area contributed by atoms with E-state index in [0.29, 0.717) is 18.5 Å². The molecule has 0 saturated heterocycles. The number of carboxylic acids is 1. The summed E-state index contributed by atoms with van der Waals surface area (Å²) in [6, 6.07) is 25.2. The van der Waals surface area contributed by atoms with Crippen LogP contribution in [0.2, 0.25) is 0 Å². The fraction of sp³-hybridized carbons (Fsp3) is 0.160. The van der Waals surface area contributed by atoms with Crippen LogP contribution in [0.1, 0.15) is 40.1 Å². The van der Waals surface area contributed by atoms with Crippen LogP contribution in [0.5, 0.6) is 0 Å². The summed E-state index contributed by atoms with van der Waals surface area (Å²) in [5.41, 5.74) is 4.20. The number of aromatic nitrogens is 3. The average molecular weight is 397 g/mol. The molecule has 0 unspecified atom stereocenters. The van der Waals surface area contributed by atoms with E-state index >= 15 is 0 Å². The van der Waals surface area contributed by atoms with Gasteiger partial charge < -0.3 is 5.11 Å². The van der Waals surface area contributed by atoms with Crippen molar-refractivity contribution < 1.29 is 9.90 Å². The number of aromatic carboxylic acids is 1. The highest BCUT2D eigenvalue weighted by molar-refractivity contribution is 5.95. The molecular weight excluding hydrogens is 374 g/mol. The van der Waals surface area contributed by atoms with E-state index in [1.165, 1.54) is 5.56 Å². The van der Waals surface area contributed by atoms with Crippen LogP contribution in [-0.4, -0.2) is 25.8 Å². The van der Waals surface area contributed by atoms with E-state index in [0.717, 1.165) is 34.8 Å². The van der Waals surface area contributed by atoms with Gasteiger partial charge >= 0.3 is 5.97 Å². The van der Waals surface area contributed by atoms with Gasteiger partial charge in [0.05, 0.1) is 12.1 Å². The highest BCUT2D eigenvalue weighted by Gasteiger charge is 2.12. The van der Waals surface area contributed by atoms with E-state index in [-0.39, 0.29) is 0 Å². The van der Waals surface area contributed by atoms with Crippen LogP contribution in [0.25, 0.3) is 11.1 Å². The van der Waals surface area contributed by atoms with Gasteiger partial charge in [0.25, 0.3) is 0 Å². The monoisotopic (exact) mass is 397 g/mol. The van der Waals surface area contributed by atoms with E-state index in [2.05, 4.69) is 19.1 Å². The number of hydrogen-bond acceptors (Lipinski definition) is 3. The van der Waals surface area contributed by atoms with Crippen molar-refractivity contribution in [3.05, 3.63) is 107 Å². The Morgan fingerprint density at radius 1 is 0.900 bits per heavy atom. The quantitative estimate of drug-likeness (QED) is 0.484. The van der Waals surface area contributed by atoms with Gasteiger partial charge in [-0.25, -0.2) is 14.5 Å². The Balaban J connectivity index is 1.54. The van der Waals surface area contributed by atoms with Gasteiger partial charge in [-0.1, -0.05) is 79.7 Å². The van der Waals surface area contributed by atoms with Crippen LogP contribution in [0, 0.1) is 0 Å². The Bertz CT molecular complexity index is 1150. The first-order valence-corrected chi connectivity index (χ1v) is 10.0. The molecule has 0 atom stereocenters. The van der Waals surface area contributed by atoms with Crippen LogP contribution in [0.4, 0.5) is 0 Å². The molecule has 150 valence electrons. The van der Waals surface area contributed by atoms with Gasteiger partial charge in [0.1, 0.15) is 5.82 Å². The first kappa shape index (κ1) is 19.6. The van der Waals surface area contributed by atoms with Gasteiger partial charge in [0.15, 0.2) is 5.82 Å². The minimum atomic E-state index is -0.921. The predicted molar refractivity (Wildman–Crippen MR) is 117 cm³/mol. The fourth-order valence-electron chi connectivity index (χ4n) is 3.55. The summed E-state index contributed by atoms with van der Waals surface area (Å²) in [6.45, 7) is 2.71. The summed E-state index contributed by atoms with van der Waals surface area (Å²) in [4.78, 5) is 16.2. The lowest BCUT2D eigenvalue weighted by Crippen LogP contribution is -2.06. The Kier molecular flexibility index (Phi) is 5.70. The number of carboxylic acid groups (broad SMARTS) is 1. The summed E-state index contributed by atoms with van der Waals surface area (Å²) in [5, 5.41) is 14.1. The van der Waals surface area contributed by atoms with Gasteiger partial charge in [0.2, 0.25) is 0 Å². The smallest absolute Gasteiger partial charge is 0.336 e. The molecule has 1 heterocycles. The lowest BCUT2D eigenvalue weighted by molar-refractivity contribution is 0.0697. The molecule has 1 N–H and O–H groups in total. The fourth-order valence-corrected chi connectivity index (χ4v) is 3.55. The second-order valence-corrected chi connectivity index (χ2v) is 7.17. The largest absolute Gasteiger partial charge is 0.478 e. The minimum Gasteiger partial charge on any atom is -0.478 e. The standard InChI is InChI=1S/C25H23N3O2/c1-2-24-26-23(16-18-8-4-3-5-9-18)27-28(24)17-19-12-14-20(15-13-19)21-10-6-7-11-22(21)25(29)30/h3-15H,2,16-17H2,1H3,(H,29,30). The number of hydrogen-bond donors (Lipinski definition) is 1. The van der Waals surface area contributed by atoms with Crippen LogP contribution in [0.15, 0.2) is 78.9 Å². The maximum atomic E-state index is 11.5. The van der Waals surface area contributed by atoms with Crippen molar-refractivity contribution in [3.63, 3.8) is 0 Å². The summed E-state index contributed by atoms with van der Waals surface area (Å²) in [6.07, 6.45) is 1.53. The van der Waals surface area contributed by atoms with E-state index < -0.39 is 5.97 Å². The van der Waals surface area contributed by atoms with Crippen molar-refractivity contribution in [1.29, 1.82) is 0 Å². The lowest BCUT2D eigenvalue weighted by Gasteiger charge is -2.08. The summed E-state index contributed by atoms with van der Waals surface area (Å²) >= 11 is 0. The molecule has 4 aromatic rings. The zero-order valence-electron chi connectivity index (χ0n) is 16.8. The van der Waals surface area contributed by atoms with Crippen molar-refractivity contribution in [1.82, 2.24) is 14.8 Å². The topological polar surface area (TPSA) is 68.0 Å². The molecule has 5 nitrogen and oxygen atoms in total. The number of benzene rings is 3. The number of carbonyl (C=O) groups is 1. The molecule has 0 aliphatic rings. The molecule has 30 heavy (non-hydrogen) atoms. The Labute approximate surface area is 175 Å². The molecule has 0 aliphatic heterocycles. The Morgan fingerprint density at radius 2 is 1.60 bits per heavy atom. The molecule has 3 aromatic carbocycles. The predicted octanol–water partition coefficient (Wildman–Crippen LogP) is 4.84. The van der Waals surface area contributed by atoms with Crippen LogP contribution in [-0.2, 0) is 19.4 Å². The third-order valence-corrected chi connectivity index (χ3v) is 5.07. The van der Waals surface area contributed by atoms with Crippen molar-refractivity contribution in [2.45, 2.75) is 26.3 Å². The van der Waals surface area contributed by atoms with E-state index in [9.17, 15) is 9.90 Å². The Morgan fingerprint density at radius 3 is 2.30 bits per heavy atom. The second kappa shape index (κ2) is 8.74. The van der Waals surface area contributed by atoms with Crippen LogP contribution < -0.4 is 0 Å². The normalized spacial score (nSPS) is 10.8. The van der Waals surface area contributed by atoms with E-state index in [4.69, 9.17) is 10.1 Å². The highest BCUT2D eigenvalue weighted by atomic mass is 16.4. The zero-order valence-corrected chi connectivity index (χ0v) is 16.8. The minimum absolute atomic E-state index is 0.306. The molecule has 1 aromatic heterocycles. The van der Waals surface area contributed by atoms with Crippen LogP contribution >= 0.6 is 0 Å². The highest BCUT2D eigenvalue weighted by Crippen LogP contribution is 2.24. The van der Waals surface area contributed by atoms with Crippen molar-refractivity contribution >= 4 is 5.97 Å². The van der Waals surface area contributed by atoms with Gasteiger partial charge in [-0.15, -0.1) is 0 Å². The summed E-state index contributed by atoms with van der Waals surface area (Å²) in [5.74, 6) is 0.863. The van der Waals surface area contributed by atoms with Gasteiger partial charge in [-0.2, -0.15) is 5.10 Å². The van der Waals surface area contributed by atoms with Gasteiger partial charge in [-0.3, -0.25) is 0 Å². The molecule has 0 amide bonds. The van der Waals surface area contributed by atoms with Gasteiger partial charge in [0, 0.05) is 12.8 Å². The lowest BCUT2D eigenvalue weighted by atomic mass is 9.99. The van der Waals surface area contributed by atoms with Crippen molar-refractivity contribution in [3.8, 4) is 11.1 Å². The maximum Gasteiger partial charge on any atom is 0.336 e. The molecule has 4 rings (SSSR count). The maximum absolute atomic E-state index is 11.5. The SMILES string of the molecule is CCc1nc(Cc2ccccc2)nn1Cc1ccc(-c2ccccc2C(=O)O)cc1. The molecule has 0 saturated carbocycles. The van der Waals surface area contributed by atoms with Crippen molar-refractivity contribution in [2.24, 2.45) is 0 Å². The third kappa shape index (κ3) is 4.30. The van der Waals surface area contributed by atoms with Gasteiger partial charge in [-0.05, 0) is 28.3 Å². The molecule has 0 fully saturated rings. The third-order valence-electron chi connectivity index (χ3n) is 5.07. The molecule has 0 radical (unpaired) electrons. The molecular formula is C25H23N3O2. The molecule has 0 bridgehead atoms. The molecule has 0 aliphatic carbocycles. The van der Waals surface area contributed by atoms with Crippen LogP contribution in [0.3, 0.4) is 0 Å². The average Bonchev–Trinajstić information content (AvgIpc) is 3.16. The number of rotatable bonds is 7. The molecule has 5 heteroatoms. The first-order chi connectivity index (χ1) is 14.6. The number of aryl methyl sites for hydroxylation is 1. The second-order valence-electron chi connectivity index (χ2n) is 7.17. The zero-order chi connectivity index (χ0) is 20.9. The molecule has 0 spiro atoms. The number of nitrogens with zero attached hydrogens (tertiary/aromatic N) is 3. The summed E-state index contributed by atoms with van der Waals surface area (Å²) < 4.78 is 1.96.